The zero-order valence-corrected chi connectivity index (χ0v) is 11.0. The van der Waals surface area contributed by atoms with Gasteiger partial charge in [0.2, 0.25) is 0 Å². The summed E-state index contributed by atoms with van der Waals surface area (Å²) in [6.07, 6.45) is 0. The van der Waals surface area contributed by atoms with Crippen molar-refractivity contribution in [1.82, 2.24) is 5.32 Å². The highest BCUT2D eigenvalue weighted by Gasteiger charge is 2.20. The number of rotatable bonds is 5. The molecule has 0 saturated carbocycles. The normalized spacial score (nSPS) is 13.8. The number of carbonyl (C=O) groups excluding carboxylic acids is 1. The van der Waals surface area contributed by atoms with Gasteiger partial charge < -0.3 is 20.5 Å². The van der Waals surface area contributed by atoms with E-state index >= 15 is 0 Å². The van der Waals surface area contributed by atoms with Crippen molar-refractivity contribution < 1.29 is 14.6 Å². The molecule has 0 aromatic heterocycles. The lowest BCUT2D eigenvalue weighted by Gasteiger charge is -2.22. The first-order valence-electron chi connectivity index (χ1n) is 5.76. The molecule has 1 atom stereocenters. The van der Waals surface area contributed by atoms with Crippen LogP contribution < -0.4 is 10.6 Å². The largest absolute Gasteiger partial charge is 0.386 e. The maximum atomic E-state index is 11.6. The minimum atomic E-state index is -1.07. The summed E-state index contributed by atoms with van der Waals surface area (Å²) >= 11 is 0. The molecule has 0 aliphatic heterocycles. The molecule has 0 saturated heterocycles. The number of hydrogen-bond donors (Lipinski definition) is 3. The van der Waals surface area contributed by atoms with Gasteiger partial charge in [0.1, 0.15) is 5.60 Å². The number of benzene rings is 1. The number of ether oxygens (including phenoxy) is 1. The molecule has 0 aliphatic rings. The van der Waals surface area contributed by atoms with Gasteiger partial charge in [-0.15, -0.1) is 0 Å². The molecule has 1 aromatic carbocycles. The van der Waals surface area contributed by atoms with Crippen LogP contribution >= 0.6 is 0 Å². The van der Waals surface area contributed by atoms with Crippen molar-refractivity contribution in [3.63, 3.8) is 0 Å². The monoisotopic (exact) mass is 252 g/mol. The molecule has 0 unspecified atom stereocenters. The van der Waals surface area contributed by atoms with Crippen LogP contribution in [0.2, 0.25) is 0 Å². The first kappa shape index (κ1) is 14.5. The van der Waals surface area contributed by atoms with Crippen molar-refractivity contribution in [2.45, 2.75) is 19.4 Å². The maximum absolute atomic E-state index is 11.6. The van der Waals surface area contributed by atoms with E-state index in [2.05, 4.69) is 10.6 Å². The Bertz CT molecular complexity index is 405. The molecule has 5 heteroatoms. The van der Waals surface area contributed by atoms with Gasteiger partial charge in [0, 0.05) is 12.8 Å². The molecule has 2 amide bonds. The Labute approximate surface area is 107 Å². The van der Waals surface area contributed by atoms with Gasteiger partial charge in [-0.2, -0.15) is 0 Å². The minimum Gasteiger partial charge on any atom is -0.386 e. The Balaban J connectivity index is 2.46. The van der Waals surface area contributed by atoms with Gasteiger partial charge in [0.25, 0.3) is 0 Å². The van der Waals surface area contributed by atoms with Gasteiger partial charge in [-0.25, -0.2) is 4.79 Å². The fraction of sp³-hybridized carbons (Fsp3) is 0.462. The third kappa shape index (κ3) is 4.73. The van der Waals surface area contributed by atoms with Gasteiger partial charge in [-0.05, 0) is 25.5 Å². The first-order chi connectivity index (χ1) is 8.44. The summed E-state index contributed by atoms with van der Waals surface area (Å²) in [5, 5.41) is 15.1. The highest BCUT2D eigenvalue weighted by atomic mass is 16.5. The number of aliphatic hydroxyl groups is 1. The summed E-state index contributed by atoms with van der Waals surface area (Å²) in [5.74, 6) is 0. The van der Waals surface area contributed by atoms with Crippen molar-refractivity contribution in [2.24, 2.45) is 0 Å². The van der Waals surface area contributed by atoms with Crippen molar-refractivity contribution in [3.8, 4) is 0 Å². The topological polar surface area (TPSA) is 70.6 Å². The molecular formula is C13H20N2O3. The summed E-state index contributed by atoms with van der Waals surface area (Å²) in [7, 11) is 1.50. The van der Waals surface area contributed by atoms with Crippen LogP contribution in [-0.2, 0) is 4.74 Å². The Morgan fingerprint density at radius 2 is 2.11 bits per heavy atom. The van der Waals surface area contributed by atoms with Crippen molar-refractivity contribution in [2.75, 3.05) is 25.6 Å². The van der Waals surface area contributed by atoms with Crippen LogP contribution in [0.25, 0.3) is 0 Å². The quantitative estimate of drug-likeness (QED) is 0.744. The Hall–Kier alpha value is -1.59. The van der Waals surface area contributed by atoms with E-state index < -0.39 is 5.60 Å². The molecule has 1 rings (SSSR count). The number of nitrogens with one attached hydrogen (secondary N) is 2. The molecule has 100 valence electrons. The smallest absolute Gasteiger partial charge is 0.319 e. The van der Waals surface area contributed by atoms with E-state index in [1.54, 1.807) is 6.92 Å². The van der Waals surface area contributed by atoms with Gasteiger partial charge in [-0.1, -0.05) is 18.2 Å². The van der Waals surface area contributed by atoms with E-state index in [-0.39, 0.29) is 19.2 Å². The van der Waals surface area contributed by atoms with E-state index in [0.717, 1.165) is 11.3 Å². The lowest BCUT2D eigenvalue weighted by Crippen LogP contribution is -2.45. The highest BCUT2D eigenvalue weighted by molar-refractivity contribution is 5.90. The number of carbonyl (C=O) groups is 1. The Morgan fingerprint density at radius 3 is 2.72 bits per heavy atom. The molecule has 0 heterocycles. The third-order valence-corrected chi connectivity index (χ3v) is 2.48. The van der Waals surface area contributed by atoms with Crippen molar-refractivity contribution in [3.05, 3.63) is 29.8 Å². The number of amides is 2. The van der Waals surface area contributed by atoms with Crippen LogP contribution in [0.4, 0.5) is 10.5 Å². The SMILES string of the molecule is COC[C@](C)(O)CNC(=O)Nc1ccccc1C. The molecule has 0 radical (unpaired) electrons. The van der Waals surface area contributed by atoms with Crippen molar-refractivity contribution in [1.29, 1.82) is 0 Å². The van der Waals surface area contributed by atoms with E-state index in [4.69, 9.17) is 4.74 Å². The molecule has 0 spiro atoms. The fourth-order valence-electron chi connectivity index (χ4n) is 1.51. The number of anilines is 1. The number of urea groups is 1. The van der Waals surface area contributed by atoms with Gasteiger partial charge in [0.15, 0.2) is 0 Å². The summed E-state index contributed by atoms with van der Waals surface area (Å²) in [4.78, 5) is 11.6. The second-order valence-electron chi connectivity index (χ2n) is 4.55. The average Bonchev–Trinajstić information content (AvgIpc) is 2.30. The predicted molar refractivity (Wildman–Crippen MR) is 70.7 cm³/mol. The number of hydrogen-bond acceptors (Lipinski definition) is 3. The summed E-state index contributed by atoms with van der Waals surface area (Å²) in [5.41, 5.74) is 0.662. The second-order valence-corrected chi connectivity index (χ2v) is 4.55. The van der Waals surface area contributed by atoms with Crippen LogP contribution in [0.3, 0.4) is 0 Å². The number of aryl methyl sites for hydroxylation is 1. The maximum Gasteiger partial charge on any atom is 0.319 e. The zero-order chi connectivity index (χ0) is 13.6. The van der Waals surface area contributed by atoms with Crippen LogP contribution in [0.1, 0.15) is 12.5 Å². The Morgan fingerprint density at radius 1 is 1.44 bits per heavy atom. The highest BCUT2D eigenvalue weighted by Crippen LogP contribution is 2.12. The van der Waals surface area contributed by atoms with E-state index in [9.17, 15) is 9.90 Å². The zero-order valence-electron chi connectivity index (χ0n) is 11.0. The molecular weight excluding hydrogens is 232 g/mol. The standard InChI is InChI=1S/C13H20N2O3/c1-10-6-4-5-7-11(10)15-12(16)14-8-13(2,17)9-18-3/h4-7,17H,8-9H2,1-3H3,(H2,14,15,16)/t13-/m1/s1. The van der Waals surface area contributed by atoms with E-state index in [1.165, 1.54) is 7.11 Å². The van der Waals surface area contributed by atoms with Crippen molar-refractivity contribution >= 4 is 11.7 Å². The molecule has 0 bridgehead atoms. The summed E-state index contributed by atoms with van der Waals surface area (Å²) in [6.45, 7) is 3.80. The molecule has 1 aromatic rings. The van der Waals surface area contributed by atoms with Crippen LogP contribution in [-0.4, -0.2) is 37.0 Å². The molecule has 18 heavy (non-hydrogen) atoms. The number of para-hydroxylation sites is 1. The van der Waals surface area contributed by atoms with Gasteiger partial charge in [-0.3, -0.25) is 0 Å². The van der Waals surface area contributed by atoms with Gasteiger partial charge >= 0.3 is 6.03 Å². The summed E-state index contributed by atoms with van der Waals surface area (Å²) in [6, 6.07) is 7.14. The molecule has 0 aliphatic carbocycles. The first-order valence-corrected chi connectivity index (χ1v) is 5.76. The van der Waals surface area contributed by atoms with Crippen LogP contribution in [0.5, 0.6) is 0 Å². The summed E-state index contributed by atoms with van der Waals surface area (Å²) < 4.78 is 4.85. The average molecular weight is 252 g/mol. The van der Waals surface area contributed by atoms with Crippen LogP contribution in [0.15, 0.2) is 24.3 Å². The van der Waals surface area contributed by atoms with Crippen LogP contribution in [0, 0.1) is 6.92 Å². The lowest BCUT2D eigenvalue weighted by atomic mass is 10.1. The van der Waals surface area contributed by atoms with E-state index in [1.807, 2.05) is 31.2 Å². The molecule has 3 N–H and O–H groups in total. The third-order valence-electron chi connectivity index (χ3n) is 2.48. The Kier molecular flexibility index (Phi) is 5.12. The minimum absolute atomic E-state index is 0.124. The lowest BCUT2D eigenvalue weighted by molar-refractivity contribution is -0.0133. The fourth-order valence-corrected chi connectivity index (χ4v) is 1.51. The number of methoxy groups -OCH3 is 1. The van der Waals surface area contributed by atoms with E-state index in [0.29, 0.717) is 0 Å². The molecule has 0 fully saturated rings. The predicted octanol–water partition coefficient (Wildman–Crippen LogP) is 1.51. The van der Waals surface area contributed by atoms with Gasteiger partial charge in [0.05, 0.1) is 13.2 Å². The second kappa shape index (κ2) is 6.37. The molecule has 5 nitrogen and oxygen atoms in total.